The lowest BCUT2D eigenvalue weighted by Gasteiger charge is -2.10. The van der Waals surface area contributed by atoms with Crippen molar-refractivity contribution >= 4 is 39.9 Å². The number of nitrogens with zero attached hydrogens (tertiary/aromatic N) is 2. The molecule has 0 bridgehead atoms. The number of thioether (sulfide) groups is 1. The first-order valence-corrected chi connectivity index (χ1v) is 8.68. The molecule has 5 nitrogen and oxygen atoms in total. The summed E-state index contributed by atoms with van der Waals surface area (Å²) in [5.74, 6) is -0.247. The number of ether oxygens (including phenoxy) is 1. The van der Waals surface area contributed by atoms with Crippen molar-refractivity contribution in [2.75, 3.05) is 20.3 Å². The number of hydrogen-bond acceptors (Lipinski definition) is 4. The van der Waals surface area contributed by atoms with Gasteiger partial charge in [0.1, 0.15) is 0 Å². The van der Waals surface area contributed by atoms with E-state index in [4.69, 9.17) is 4.74 Å². The van der Waals surface area contributed by atoms with Gasteiger partial charge in [-0.3, -0.25) is 14.5 Å². The fraction of sp³-hybridized carbons (Fsp3) is 0.333. The van der Waals surface area contributed by atoms with E-state index in [0.29, 0.717) is 17.6 Å². The maximum Gasteiger partial charge on any atom is 0.293 e. The molecule has 1 aliphatic heterocycles. The fourth-order valence-corrected chi connectivity index (χ4v) is 3.65. The van der Waals surface area contributed by atoms with Crippen molar-refractivity contribution < 1.29 is 14.3 Å². The van der Waals surface area contributed by atoms with Crippen molar-refractivity contribution in [3.05, 3.63) is 40.9 Å². The Morgan fingerprint density at radius 1 is 1.25 bits per heavy atom. The summed E-state index contributed by atoms with van der Waals surface area (Å²) in [7, 11) is 1.55. The van der Waals surface area contributed by atoms with Crippen LogP contribution in [0.3, 0.4) is 0 Å². The maximum absolute atomic E-state index is 12.5. The molecule has 126 valence electrons. The van der Waals surface area contributed by atoms with Gasteiger partial charge in [0.25, 0.3) is 11.1 Å². The third-order valence-corrected chi connectivity index (χ3v) is 4.91. The van der Waals surface area contributed by atoms with Crippen molar-refractivity contribution in [2.45, 2.75) is 19.9 Å². The highest BCUT2D eigenvalue weighted by atomic mass is 32.2. The Kier molecular flexibility index (Phi) is 4.78. The standard InChI is InChI=1S/C18H20N2O3S/c1-12(2)20-11-13(14-6-4-5-7-15(14)20)10-16-17(21)19(8-9-23-3)18(22)24-16/h4-7,10-12H,8-9H2,1-3H3/b16-10+. The van der Waals surface area contributed by atoms with E-state index < -0.39 is 0 Å². The lowest BCUT2D eigenvalue weighted by Crippen LogP contribution is -2.31. The molecule has 0 radical (unpaired) electrons. The van der Waals surface area contributed by atoms with Crippen molar-refractivity contribution in [3.63, 3.8) is 0 Å². The molecule has 3 rings (SSSR count). The van der Waals surface area contributed by atoms with Crippen LogP contribution in [0.1, 0.15) is 25.5 Å². The molecule has 0 spiro atoms. The first-order valence-electron chi connectivity index (χ1n) is 7.86. The van der Waals surface area contributed by atoms with Gasteiger partial charge in [-0.2, -0.15) is 0 Å². The minimum absolute atomic E-state index is 0.240. The van der Waals surface area contributed by atoms with Gasteiger partial charge in [0.2, 0.25) is 0 Å². The highest BCUT2D eigenvalue weighted by molar-refractivity contribution is 8.18. The summed E-state index contributed by atoms with van der Waals surface area (Å²) >= 11 is 0.987. The summed E-state index contributed by atoms with van der Waals surface area (Å²) in [5.41, 5.74) is 2.08. The number of carbonyl (C=O) groups is 2. The summed E-state index contributed by atoms with van der Waals surface area (Å²) in [4.78, 5) is 26.2. The van der Waals surface area contributed by atoms with Gasteiger partial charge >= 0.3 is 0 Å². The number of methoxy groups -OCH3 is 1. The molecule has 1 saturated heterocycles. The van der Waals surface area contributed by atoms with Crippen LogP contribution < -0.4 is 0 Å². The lowest BCUT2D eigenvalue weighted by atomic mass is 10.1. The first kappa shape index (κ1) is 16.8. The van der Waals surface area contributed by atoms with Gasteiger partial charge < -0.3 is 9.30 Å². The van der Waals surface area contributed by atoms with Gasteiger partial charge in [-0.25, -0.2) is 0 Å². The predicted molar refractivity (Wildman–Crippen MR) is 96.9 cm³/mol. The molecular formula is C18H20N2O3S. The van der Waals surface area contributed by atoms with E-state index in [1.165, 1.54) is 4.90 Å². The van der Waals surface area contributed by atoms with Crippen molar-refractivity contribution in [1.82, 2.24) is 9.47 Å². The molecular weight excluding hydrogens is 324 g/mol. The van der Waals surface area contributed by atoms with Crippen LogP contribution in [-0.2, 0) is 9.53 Å². The third kappa shape index (κ3) is 2.99. The Balaban J connectivity index is 1.99. The number of aromatic nitrogens is 1. The van der Waals surface area contributed by atoms with Gasteiger partial charge in [0, 0.05) is 35.8 Å². The fourth-order valence-electron chi connectivity index (χ4n) is 2.79. The topological polar surface area (TPSA) is 51.5 Å². The zero-order chi connectivity index (χ0) is 17.3. The normalized spacial score (nSPS) is 17.0. The molecule has 0 atom stereocenters. The monoisotopic (exact) mass is 344 g/mol. The van der Waals surface area contributed by atoms with Crippen LogP contribution in [0, 0.1) is 0 Å². The van der Waals surface area contributed by atoms with Gasteiger partial charge in [-0.05, 0) is 37.8 Å². The van der Waals surface area contributed by atoms with Crippen LogP contribution >= 0.6 is 11.8 Å². The molecule has 1 aromatic heterocycles. The summed E-state index contributed by atoms with van der Waals surface area (Å²) in [6.45, 7) is 4.87. The van der Waals surface area contributed by atoms with Crippen LogP contribution in [0.25, 0.3) is 17.0 Å². The minimum atomic E-state index is -0.247. The second-order valence-corrected chi connectivity index (χ2v) is 6.92. The zero-order valence-corrected chi connectivity index (χ0v) is 14.8. The van der Waals surface area contributed by atoms with Crippen LogP contribution in [-0.4, -0.2) is 40.9 Å². The Hall–Kier alpha value is -2.05. The largest absolute Gasteiger partial charge is 0.383 e. The average Bonchev–Trinajstić information content (AvgIpc) is 3.05. The number of amides is 2. The van der Waals surface area contributed by atoms with Gasteiger partial charge in [0.15, 0.2) is 0 Å². The molecule has 6 heteroatoms. The summed E-state index contributed by atoms with van der Waals surface area (Å²) in [6.07, 6.45) is 3.86. The number of imide groups is 1. The van der Waals surface area contributed by atoms with Crippen LogP contribution in [0.15, 0.2) is 35.4 Å². The number of carbonyl (C=O) groups excluding carboxylic acids is 2. The van der Waals surface area contributed by atoms with E-state index in [2.05, 4.69) is 24.5 Å². The highest BCUT2D eigenvalue weighted by Gasteiger charge is 2.34. The van der Waals surface area contributed by atoms with Gasteiger partial charge in [-0.15, -0.1) is 0 Å². The van der Waals surface area contributed by atoms with E-state index in [-0.39, 0.29) is 17.7 Å². The quantitative estimate of drug-likeness (QED) is 0.772. The molecule has 0 aliphatic carbocycles. The van der Waals surface area contributed by atoms with Crippen LogP contribution in [0.5, 0.6) is 0 Å². The molecule has 1 aliphatic rings. The van der Waals surface area contributed by atoms with Crippen molar-refractivity contribution in [2.24, 2.45) is 0 Å². The zero-order valence-electron chi connectivity index (χ0n) is 14.0. The first-order chi connectivity index (χ1) is 11.5. The molecule has 0 saturated carbocycles. The molecule has 2 amide bonds. The van der Waals surface area contributed by atoms with E-state index in [1.54, 1.807) is 7.11 Å². The Morgan fingerprint density at radius 3 is 2.71 bits per heavy atom. The minimum Gasteiger partial charge on any atom is -0.383 e. The summed E-state index contributed by atoms with van der Waals surface area (Å²) in [5, 5.41) is 0.839. The van der Waals surface area contributed by atoms with E-state index in [9.17, 15) is 9.59 Å². The average molecular weight is 344 g/mol. The Bertz CT molecular complexity index is 823. The Morgan fingerprint density at radius 2 is 2.00 bits per heavy atom. The van der Waals surface area contributed by atoms with E-state index >= 15 is 0 Å². The summed E-state index contributed by atoms with van der Waals surface area (Å²) < 4.78 is 7.14. The SMILES string of the molecule is COCCN1C(=O)S/C(=C/c2cn(C(C)C)c3ccccc23)C1=O. The Labute approximate surface area is 145 Å². The second-order valence-electron chi connectivity index (χ2n) is 5.93. The summed E-state index contributed by atoms with van der Waals surface area (Å²) in [6, 6.07) is 8.40. The van der Waals surface area contributed by atoms with Gasteiger partial charge in [0.05, 0.1) is 18.1 Å². The molecule has 1 fully saturated rings. The molecule has 0 unspecified atom stereocenters. The number of benzene rings is 1. The third-order valence-electron chi connectivity index (χ3n) is 4.01. The molecule has 2 aromatic rings. The predicted octanol–water partition coefficient (Wildman–Crippen LogP) is 3.90. The van der Waals surface area contributed by atoms with E-state index in [0.717, 1.165) is 28.2 Å². The molecule has 1 aromatic carbocycles. The number of rotatable bonds is 5. The van der Waals surface area contributed by atoms with Crippen LogP contribution in [0.4, 0.5) is 4.79 Å². The van der Waals surface area contributed by atoms with Crippen molar-refractivity contribution in [1.29, 1.82) is 0 Å². The molecule has 24 heavy (non-hydrogen) atoms. The van der Waals surface area contributed by atoms with Gasteiger partial charge in [-0.1, -0.05) is 18.2 Å². The lowest BCUT2D eigenvalue weighted by molar-refractivity contribution is -0.123. The molecule has 0 N–H and O–H groups in total. The number of hydrogen-bond donors (Lipinski definition) is 0. The second kappa shape index (κ2) is 6.83. The number of fused-ring (bicyclic) bond motifs is 1. The smallest absolute Gasteiger partial charge is 0.293 e. The van der Waals surface area contributed by atoms with Crippen molar-refractivity contribution in [3.8, 4) is 0 Å². The van der Waals surface area contributed by atoms with Crippen LogP contribution in [0.2, 0.25) is 0 Å². The maximum atomic E-state index is 12.5. The highest BCUT2D eigenvalue weighted by Crippen LogP contribution is 2.34. The molecule has 2 heterocycles. The van der Waals surface area contributed by atoms with E-state index in [1.807, 2.05) is 30.5 Å². The number of para-hydroxylation sites is 1.